The smallest absolute Gasteiger partial charge is 0.173 e. The van der Waals surface area contributed by atoms with Crippen molar-refractivity contribution in [3.63, 3.8) is 0 Å². The average Bonchev–Trinajstić information content (AvgIpc) is 3.11. The number of rotatable bonds is 4. The van der Waals surface area contributed by atoms with Crippen LogP contribution in [0.3, 0.4) is 0 Å². The minimum atomic E-state index is -0.163. The molecular weight excluding hydrogens is 344 g/mol. The fourth-order valence-electron chi connectivity index (χ4n) is 4.04. The first-order valence-electron chi connectivity index (χ1n) is 9.04. The van der Waals surface area contributed by atoms with Gasteiger partial charge in [-0.05, 0) is 30.0 Å². The van der Waals surface area contributed by atoms with Crippen molar-refractivity contribution in [2.45, 2.75) is 25.1 Å². The molecule has 9 nitrogen and oxygen atoms in total. The summed E-state index contributed by atoms with van der Waals surface area (Å²) in [6, 6.07) is 8.25. The molecule has 2 unspecified atom stereocenters. The number of hydrogen-bond donors (Lipinski definition) is 0. The fourth-order valence-corrected chi connectivity index (χ4v) is 4.04. The molecule has 3 aromatic rings. The molecule has 6 rings (SSSR count). The molecule has 0 spiro atoms. The Kier molecular flexibility index (Phi) is 2.98. The van der Waals surface area contributed by atoms with Gasteiger partial charge >= 0.3 is 0 Å². The van der Waals surface area contributed by atoms with E-state index in [1.807, 2.05) is 29.8 Å². The van der Waals surface area contributed by atoms with E-state index in [-0.39, 0.29) is 12.3 Å². The van der Waals surface area contributed by atoms with Gasteiger partial charge in [0.1, 0.15) is 24.5 Å². The number of benzene rings is 1. The second kappa shape index (κ2) is 5.40. The lowest BCUT2D eigenvalue weighted by Crippen LogP contribution is -2.50. The Hall–Kier alpha value is -3.20. The third kappa shape index (κ3) is 2.02. The molecule has 1 aromatic carbocycles. The van der Waals surface area contributed by atoms with Crippen molar-refractivity contribution < 1.29 is 4.74 Å². The predicted molar refractivity (Wildman–Crippen MR) is 98.0 cm³/mol. The molecule has 1 aliphatic carbocycles. The van der Waals surface area contributed by atoms with Crippen LogP contribution in [-0.4, -0.2) is 38.1 Å². The molecule has 0 amide bonds. The van der Waals surface area contributed by atoms with E-state index < -0.39 is 0 Å². The second-order valence-electron chi connectivity index (χ2n) is 7.03. The second-order valence-corrected chi connectivity index (χ2v) is 7.03. The van der Waals surface area contributed by atoms with Gasteiger partial charge in [-0.1, -0.05) is 18.2 Å². The molecule has 27 heavy (non-hydrogen) atoms. The first-order chi connectivity index (χ1) is 13.4. The number of fused-ring (bicyclic) bond motifs is 6. The number of hydrazine groups is 1. The Morgan fingerprint density at radius 2 is 2.07 bits per heavy atom. The zero-order chi connectivity index (χ0) is 18.0. The van der Waals surface area contributed by atoms with Gasteiger partial charge in [-0.2, -0.15) is 5.12 Å². The van der Waals surface area contributed by atoms with Crippen LogP contribution in [0.25, 0.3) is 5.69 Å². The summed E-state index contributed by atoms with van der Waals surface area (Å²) in [5.41, 5.74) is 3.14. The molecule has 9 heteroatoms. The Morgan fingerprint density at radius 3 is 2.93 bits per heavy atom. The number of methoxy groups -OCH3 is 1. The maximum absolute atomic E-state index is 5.76. The number of aromatic nitrogens is 5. The van der Waals surface area contributed by atoms with Crippen LogP contribution in [0.2, 0.25) is 0 Å². The molecule has 1 fully saturated rings. The summed E-state index contributed by atoms with van der Waals surface area (Å²) in [5, 5.41) is 12.5. The van der Waals surface area contributed by atoms with Gasteiger partial charge in [0.15, 0.2) is 12.0 Å². The van der Waals surface area contributed by atoms with Gasteiger partial charge in [-0.25, -0.2) is 15.0 Å². The first-order valence-corrected chi connectivity index (χ1v) is 9.04. The van der Waals surface area contributed by atoms with Gasteiger partial charge in [0.25, 0.3) is 0 Å². The summed E-state index contributed by atoms with van der Waals surface area (Å²) >= 11 is 0. The number of para-hydroxylation sites is 1. The van der Waals surface area contributed by atoms with Gasteiger partial charge in [0, 0.05) is 12.7 Å². The predicted octanol–water partition coefficient (Wildman–Crippen LogP) is 1.97. The number of ether oxygens (including phenoxy) is 1. The highest BCUT2D eigenvalue weighted by Gasteiger charge is 2.41. The first kappa shape index (κ1) is 14.9. The van der Waals surface area contributed by atoms with Crippen LogP contribution in [0.5, 0.6) is 0 Å². The maximum atomic E-state index is 5.76. The number of nitrogens with zero attached hydrogens (tertiary/aromatic N) is 8. The van der Waals surface area contributed by atoms with Crippen molar-refractivity contribution in [3.8, 4) is 5.69 Å². The number of anilines is 1. The highest BCUT2D eigenvalue weighted by Crippen LogP contribution is 2.44. The van der Waals surface area contributed by atoms with Crippen LogP contribution in [0.15, 0.2) is 48.0 Å². The minimum Gasteiger partial charge on any atom is -0.375 e. The highest BCUT2D eigenvalue weighted by molar-refractivity contribution is 5.78. The molecule has 0 bridgehead atoms. The van der Waals surface area contributed by atoms with E-state index in [9.17, 15) is 0 Å². The van der Waals surface area contributed by atoms with Crippen molar-refractivity contribution in [1.82, 2.24) is 24.7 Å². The molecule has 2 aromatic heterocycles. The van der Waals surface area contributed by atoms with E-state index in [1.54, 1.807) is 24.4 Å². The van der Waals surface area contributed by atoms with Crippen LogP contribution in [0, 0.1) is 5.92 Å². The van der Waals surface area contributed by atoms with Gasteiger partial charge < -0.3 is 4.74 Å². The van der Waals surface area contributed by atoms with Crippen molar-refractivity contribution in [2.24, 2.45) is 10.9 Å². The van der Waals surface area contributed by atoms with Crippen molar-refractivity contribution >= 4 is 12.2 Å². The van der Waals surface area contributed by atoms with Crippen molar-refractivity contribution in [3.05, 3.63) is 54.2 Å². The third-order valence-electron chi connectivity index (χ3n) is 5.44. The van der Waals surface area contributed by atoms with E-state index >= 15 is 0 Å². The zero-order valence-electron chi connectivity index (χ0n) is 14.8. The van der Waals surface area contributed by atoms with Gasteiger partial charge in [0.2, 0.25) is 0 Å². The summed E-state index contributed by atoms with van der Waals surface area (Å²) in [6.07, 6.45) is 9.40. The Morgan fingerprint density at radius 1 is 1.19 bits per heavy atom. The maximum Gasteiger partial charge on any atom is 0.173 e. The van der Waals surface area contributed by atoms with E-state index in [1.165, 1.54) is 12.8 Å². The molecular formula is C18H18N8O. The molecule has 4 heterocycles. The van der Waals surface area contributed by atoms with Crippen LogP contribution in [0.4, 0.5) is 5.82 Å². The van der Waals surface area contributed by atoms with Crippen LogP contribution < -0.4 is 10.1 Å². The van der Waals surface area contributed by atoms with Gasteiger partial charge in [-0.15, -0.1) is 9.89 Å². The van der Waals surface area contributed by atoms with Crippen molar-refractivity contribution in [2.75, 3.05) is 17.2 Å². The van der Waals surface area contributed by atoms with Gasteiger partial charge in [0.05, 0.1) is 18.1 Å². The molecule has 2 atom stereocenters. The quantitative estimate of drug-likeness (QED) is 0.706. The summed E-state index contributed by atoms with van der Waals surface area (Å²) in [4.78, 5) is 10.9. The molecule has 0 N–H and O–H groups in total. The molecule has 136 valence electrons. The number of aliphatic imine (C=N–C) groups is 1. The van der Waals surface area contributed by atoms with Crippen LogP contribution in [0.1, 0.15) is 36.4 Å². The SMILES string of the molecule is COC(c1cnnn1N1C=NC2c3ccccc3-n3cncc3N21)C1CC1. The van der Waals surface area contributed by atoms with Crippen LogP contribution in [-0.2, 0) is 4.74 Å². The summed E-state index contributed by atoms with van der Waals surface area (Å²) in [7, 11) is 1.74. The van der Waals surface area contributed by atoms with E-state index in [0.29, 0.717) is 5.92 Å². The Labute approximate surface area is 155 Å². The van der Waals surface area contributed by atoms with Gasteiger partial charge in [-0.3, -0.25) is 4.57 Å². The average molecular weight is 362 g/mol. The van der Waals surface area contributed by atoms with E-state index in [4.69, 9.17) is 9.73 Å². The van der Waals surface area contributed by atoms with E-state index in [0.717, 1.165) is 22.8 Å². The standard InChI is InChI=1S/C18H18N8O/c1-27-17(12-6-7-12)15-8-21-22-26(15)24-11-20-18-13-4-2-3-5-14(13)23-10-19-9-16(23)25(18)24/h2-5,8-12,17-18H,6-7H2,1H3. The summed E-state index contributed by atoms with van der Waals surface area (Å²) < 4.78 is 7.83. The van der Waals surface area contributed by atoms with E-state index in [2.05, 4.69) is 37.0 Å². The van der Waals surface area contributed by atoms with Crippen molar-refractivity contribution in [1.29, 1.82) is 0 Å². The number of imidazole rings is 1. The zero-order valence-corrected chi connectivity index (χ0v) is 14.8. The molecule has 3 aliphatic rings. The topological polar surface area (TPSA) is 76.6 Å². The minimum absolute atomic E-state index is 0.0190. The molecule has 1 saturated carbocycles. The lowest BCUT2D eigenvalue weighted by Gasteiger charge is -2.37. The number of hydrogen-bond acceptors (Lipinski definition) is 7. The fraction of sp³-hybridized carbons (Fsp3) is 0.333. The largest absolute Gasteiger partial charge is 0.375 e. The normalized spacial score (nSPS) is 21.1. The Balaban J connectivity index is 1.46. The lowest BCUT2D eigenvalue weighted by molar-refractivity contribution is 0.0770. The summed E-state index contributed by atoms with van der Waals surface area (Å²) in [6.45, 7) is 0. The monoisotopic (exact) mass is 362 g/mol. The van der Waals surface area contributed by atoms with Crippen LogP contribution >= 0.6 is 0 Å². The Bertz CT molecular complexity index is 1040. The highest BCUT2D eigenvalue weighted by atomic mass is 16.5. The molecule has 0 saturated heterocycles. The summed E-state index contributed by atoms with van der Waals surface area (Å²) in [5.74, 6) is 1.45. The molecule has 0 radical (unpaired) electrons. The lowest BCUT2D eigenvalue weighted by atomic mass is 10.1. The third-order valence-corrected chi connectivity index (χ3v) is 5.44. The molecule has 2 aliphatic heterocycles.